The van der Waals surface area contributed by atoms with Gasteiger partial charge in [-0.15, -0.1) is 11.3 Å². The number of benzene rings is 2. The lowest BCUT2D eigenvalue weighted by Crippen LogP contribution is -2.38. The maximum atomic E-state index is 13.5. The van der Waals surface area contributed by atoms with E-state index >= 15 is 0 Å². The molecule has 0 atom stereocenters. The lowest BCUT2D eigenvalue weighted by molar-refractivity contribution is 0.697. The van der Waals surface area contributed by atoms with E-state index in [1.54, 1.807) is 28.8 Å². The summed E-state index contributed by atoms with van der Waals surface area (Å²) in [5.74, 6) is 0.655. The number of imidazole rings is 1. The Bertz CT molecular complexity index is 1490. The van der Waals surface area contributed by atoms with Gasteiger partial charge in [0, 0.05) is 9.90 Å². The molecule has 0 aliphatic heterocycles. The van der Waals surface area contributed by atoms with E-state index in [0.717, 1.165) is 22.3 Å². The number of aryl methyl sites for hydroxylation is 1. The van der Waals surface area contributed by atoms with Crippen molar-refractivity contribution in [3.05, 3.63) is 91.2 Å². The van der Waals surface area contributed by atoms with Gasteiger partial charge in [-0.3, -0.25) is 9.36 Å². The van der Waals surface area contributed by atoms with Crippen molar-refractivity contribution in [3.63, 3.8) is 0 Å². The van der Waals surface area contributed by atoms with Crippen molar-refractivity contribution in [2.45, 2.75) is 19.9 Å². The molecule has 30 heavy (non-hydrogen) atoms. The second-order valence-electron chi connectivity index (χ2n) is 6.97. The summed E-state index contributed by atoms with van der Waals surface area (Å²) in [5, 5.41) is 0.981. The van der Waals surface area contributed by atoms with E-state index in [-0.39, 0.29) is 12.1 Å². The molecule has 5 aromatic rings. The van der Waals surface area contributed by atoms with E-state index in [2.05, 4.69) is 9.97 Å². The molecule has 0 unspecified atom stereocenters. The van der Waals surface area contributed by atoms with Gasteiger partial charge in [0.1, 0.15) is 10.7 Å². The van der Waals surface area contributed by atoms with Crippen LogP contribution in [0.2, 0.25) is 5.02 Å². The third kappa shape index (κ3) is 3.07. The fourth-order valence-electron chi connectivity index (χ4n) is 3.59. The maximum absolute atomic E-state index is 13.5. The van der Waals surface area contributed by atoms with Crippen LogP contribution in [-0.2, 0) is 13.0 Å². The minimum atomic E-state index is -0.417. The Kier molecular flexibility index (Phi) is 4.56. The molecular weight excluding hydrogens is 420 g/mol. The number of hydrogen-bond donors (Lipinski definition) is 1. The van der Waals surface area contributed by atoms with Gasteiger partial charge in [-0.1, -0.05) is 36.7 Å². The highest BCUT2D eigenvalue weighted by Gasteiger charge is 2.18. The predicted molar refractivity (Wildman–Crippen MR) is 121 cm³/mol. The van der Waals surface area contributed by atoms with Gasteiger partial charge in [0.05, 0.1) is 28.7 Å². The van der Waals surface area contributed by atoms with Gasteiger partial charge in [0.2, 0.25) is 0 Å². The van der Waals surface area contributed by atoms with Gasteiger partial charge in [0.15, 0.2) is 0 Å². The van der Waals surface area contributed by atoms with Crippen LogP contribution >= 0.6 is 22.9 Å². The number of halogens is 1. The molecule has 0 radical (unpaired) electrons. The number of para-hydroxylation sites is 2. The molecule has 5 rings (SSSR count). The van der Waals surface area contributed by atoms with E-state index in [4.69, 9.17) is 11.6 Å². The third-order valence-corrected chi connectivity index (χ3v) is 6.56. The molecule has 6 nitrogen and oxygen atoms in total. The van der Waals surface area contributed by atoms with Crippen molar-refractivity contribution in [1.82, 2.24) is 19.1 Å². The van der Waals surface area contributed by atoms with Crippen molar-refractivity contribution in [2.24, 2.45) is 0 Å². The third-order valence-electron chi connectivity index (χ3n) is 5.03. The number of nitrogens with zero attached hydrogens (tertiary/aromatic N) is 3. The first-order valence-corrected chi connectivity index (χ1v) is 10.7. The molecule has 0 saturated heterocycles. The fourth-order valence-corrected chi connectivity index (χ4v) is 4.85. The first kappa shape index (κ1) is 18.8. The highest BCUT2D eigenvalue weighted by Crippen LogP contribution is 2.24. The van der Waals surface area contributed by atoms with E-state index in [0.29, 0.717) is 26.8 Å². The number of thiophene rings is 1. The van der Waals surface area contributed by atoms with Crippen molar-refractivity contribution in [1.29, 1.82) is 0 Å². The van der Waals surface area contributed by atoms with Gasteiger partial charge in [-0.2, -0.15) is 0 Å². The van der Waals surface area contributed by atoms with Crippen LogP contribution < -0.4 is 11.2 Å². The van der Waals surface area contributed by atoms with Gasteiger partial charge in [-0.25, -0.2) is 14.3 Å². The zero-order valence-corrected chi connectivity index (χ0v) is 17.6. The van der Waals surface area contributed by atoms with Crippen LogP contribution in [0.5, 0.6) is 0 Å². The number of rotatable bonds is 4. The van der Waals surface area contributed by atoms with Crippen molar-refractivity contribution in [2.75, 3.05) is 0 Å². The van der Waals surface area contributed by atoms with Crippen molar-refractivity contribution >= 4 is 44.2 Å². The van der Waals surface area contributed by atoms with Gasteiger partial charge >= 0.3 is 5.69 Å². The Morgan fingerprint density at radius 1 is 1.10 bits per heavy atom. The summed E-state index contributed by atoms with van der Waals surface area (Å²) in [7, 11) is 0. The largest absolute Gasteiger partial charge is 0.340 e. The van der Waals surface area contributed by atoms with Crippen LogP contribution in [0.15, 0.2) is 64.2 Å². The standard InChI is InChI=1S/C22H17ClN4O2S/c1-2-15-11-16-20(28)27(14-7-5-6-13(23)10-14)22(29)26(21(16)30-15)12-19-24-17-8-3-4-9-18(17)25-19/h3-11H,2,12H2,1H3,(H,24,25). The molecule has 0 amide bonds. The molecule has 0 bridgehead atoms. The van der Waals surface area contributed by atoms with Gasteiger partial charge in [0.25, 0.3) is 5.56 Å². The first-order chi connectivity index (χ1) is 14.5. The zero-order valence-electron chi connectivity index (χ0n) is 16.1. The predicted octanol–water partition coefficient (Wildman–Crippen LogP) is 4.35. The smallest absolute Gasteiger partial charge is 0.337 e. The Morgan fingerprint density at radius 2 is 1.93 bits per heavy atom. The molecule has 1 N–H and O–H groups in total. The maximum Gasteiger partial charge on any atom is 0.337 e. The monoisotopic (exact) mass is 436 g/mol. The summed E-state index contributed by atoms with van der Waals surface area (Å²) in [5.41, 5.74) is 1.43. The van der Waals surface area contributed by atoms with E-state index in [9.17, 15) is 9.59 Å². The summed E-state index contributed by atoms with van der Waals surface area (Å²) < 4.78 is 2.79. The first-order valence-electron chi connectivity index (χ1n) is 9.53. The summed E-state index contributed by atoms with van der Waals surface area (Å²) in [4.78, 5) is 36.3. The number of nitrogens with one attached hydrogen (secondary N) is 1. The van der Waals surface area contributed by atoms with Crippen LogP contribution in [-0.4, -0.2) is 19.1 Å². The van der Waals surface area contributed by atoms with Crippen LogP contribution in [0.3, 0.4) is 0 Å². The van der Waals surface area contributed by atoms with Gasteiger partial charge in [-0.05, 0) is 42.8 Å². The number of H-pyrrole nitrogens is 1. The molecule has 150 valence electrons. The highest BCUT2D eigenvalue weighted by molar-refractivity contribution is 7.18. The lowest BCUT2D eigenvalue weighted by atomic mass is 10.3. The topological polar surface area (TPSA) is 72.7 Å². The average molecular weight is 437 g/mol. The summed E-state index contributed by atoms with van der Waals surface area (Å²) in [6.07, 6.45) is 0.786. The molecule has 8 heteroatoms. The second-order valence-corrected chi connectivity index (χ2v) is 8.53. The molecule has 3 aromatic heterocycles. The minimum Gasteiger partial charge on any atom is -0.340 e. The van der Waals surface area contributed by atoms with Crippen molar-refractivity contribution in [3.8, 4) is 5.69 Å². The van der Waals surface area contributed by atoms with Crippen LogP contribution in [0.4, 0.5) is 0 Å². The molecule has 0 aliphatic carbocycles. The molecule has 0 spiro atoms. The van der Waals surface area contributed by atoms with Crippen LogP contribution in [0, 0.1) is 0 Å². The Labute approximate surface area is 180 Å². The number of aromatic amines is 1. The SMILES string of the molecule is CCc1cc2c(=O)n(-c3cccc(Cl)c3)c(=O)n(Cc3nc4ccccc4[nH]3)c2s1. The second kappa shape index (κ2) is 7.27. The van der Waals surface area contributed by atoms with Crippen molar-refractivity contribution < 1.29 is 0 Å². The molecule has 0 fully saturated rings. The molecule has 0 aliphatic rings. The summed E-state index contributed by atoms with van der Waals surface area (Å²) in [6, 6.07) is 16.3. The average Bonchev–Trinajstić information content (AvgIpc) is 3.35. The molecule has 2 aromatic carbocycles. The Morgan fingerprint density at radius 3 is 2.70 bits per heavy atom. The fraction of sp³-hybridized carbons (Fsp3) is 0.136. The van der Waals surface area contributed by atoms with E-state index in [1.807, 2.05) is 37.3 Å². The number of hydrogen-bond acceptors (Lipinski definition) is 4. The van der Waals surface area contributed by atoms with E-state index in [1.165, 1.54) is 15.9 Å². The summed E-state index contributed by atoms with van der Waals surface area (Å²) in [6.45, 7) is 2.26. The molecule has 0 saturated carbocycles. The lowest BCUT2D eigenvalue weighted by Gasteiger charge is -2.11. The number of aromatic nitrogens is 4. The normalized spacial score (nSPS) is 11.5. The molecular formula is C22H17ClN4O2S. The highest BCUT2D eigenvalue weighted by atomic mass is 35.5. The van der Waals surface area contributed by atoms with Crippen LogP contribution in [0.1, 0.15) is 17.6 Å². The quantitative estimate of drug-likeness (QED) is 0.455. The minimum absolute atomic E-state index is 0.231. The Hall–Kier alpha value is -3.16. The van der Waals surface area contributed by atoms with E-state index < -0.39 is 5.69 Å². The van der Waals surface area contributed by atoms with Gasteiger partial charge < -0.3 is 4.98 Å². The molecule has 3 heterocycles. The number of fused-ring (bicyclic) bond motifs is 2. The van der Waals surface area contributed by atoms with Crippen LogP contribution in [0.25, 0.3) is 26.9 Å². The zero-order chi connectivity index (χ0) is 20.8. The Balaban J connectivity index is 1.78. The summed E-state index contributed by atoms with van der Waals surface area (Å²) >= 11 is 7.59.